The quantitative estimate of drug-likeness (QED) is 0.386. The molecular weight excluding hydrogens is 416 g/mol. The van der Waals surface area contributed by atoms with Gasteiger partial charge in [-0.3, -0.25) is 9.59 Å². The molecule has 33 heavy (non-hydrogen) atoms. The lowest BCUT2D eigenvalue weighted by atomic mass is 9.91. The van der Waals surface area contributed by atoms with Crippen molar-refractivity contribution in [2.75, 3.05) is 11.9 Å². The number of carboxylic acid groups (broad SMARTS) is 1. The number of anilines is 1. The van der Waals surface area contributed by atoms with Crippen LogP contribution in [0, 0.1) is 12.8 Å². The molecule has 3 aromatic rings. The molecule has 0 spiro atoms. The highest BCUT2D eigenvalue weighted by Gasteiger charge is 2.29. The van der Waals surface area contributed by atoms with Crippen molar-refractivity contribution in [3.8, 4) is 11.3 Å². The molecule has 6 heteroatoms. The van der Waals surface area contributed by atoms with Crippen LogP contribution in [0.15, 0.2) is 65.1 Å². The van der Waals surface area contributed by atoms with Gasteiger partial charge in [0.05, 0.1) is 12.5 Å². The fraction of sp³-hybridized carbons (Fsp3) is 0.333. The van der Waals surface area contributed by atoms with E-state index in [0.717, 1.165) is 22.8 Å². The molecule has 0 aliphatic heterocycles. The highest BCUT2D eigenvalue weighted by molar-refractivity contribution is 5.94. The lowest BCUT2D eigenvalue weighted by molar-refractivity contribution is -0.136. The predicted molar refractivity (Wildman–Crippen MR) is 128 cm³/mol. The number of carboxylic acids is 1. The number of rotatable bonds is 9. The van der Waals surface area contributed by atoms with E-state index in [4.69, 9.17) is 9.52 Å². The highest BCUT2D eigenvalue weighted by atomic mass is 16.4. The molecule has 6 nitrogen and oxygen atoms in total. The minimum atomic E-state index is -0.933. The first-order chi connectivity index (χ1) is 16.0. The summed E-state index contributed by atoms with van der Waals surface area (Å²) in [4.78, 5) is 22.9. The Morgan fingerprint density at radius 1 is 1.06 bits per heavy atom. The minimum Gasteiger partial charge on any atom is -0.481 e. The average molecular weight is 447 g/mol. The molecule has 2 aromatic carbocycles. The van der Waals surface area contributed by atoms with E-state index >= 15 is 0 Å². The monoisotopic (exact) mass is 446 g/mol. The summed E-state index contributed by atoms with van der Waals surface area (Å²) < 4.78 is 6.15. The van der Waals surface area contributed by atoms with E-state index < -0.39 is 5.97 Å². The van der Waals surface area contributed by atoms with Gasteiger partial charge in [0.15, 0.2) is 0 Å². The van der Waals surface area contributed by atoms with Crippen molar-refractivity contribution in [3.63, 3.8) is 0 Å². The topological polar surface area (TPSA) is 91.6 Å². The molecule has 1 atom stereocenters. The number of benzene rings is 2. The number of amides is 1. The molecule has 0 bridgehead atoms. The number of nitrogens with one attached hydrogen (secondary N) is 2. The molecule has 1 amide bonds. The Morgan fingerprint density at radius 2 is 1.76 bits per heavy atom. The summed E-state index contributed by atoms with van der Waals surface area (Å²) in [6.45, 7) is 2.14. The van der Waals surface area contributed by atoms with Crippen molar-refractivity contribution in [2.24, 2.45) is 5.92 Å². The Labute approximate surface area is 194 Å². The van der Waals surface area contributed by atoms with Crippen molar-refractivity contribution in [1.29, 1.82) is 0 Å². The Balaban J connectivity index is 1.51. The number of aryl methyl sites for hydroxylation is 1. The molecule has 1 aromatic heterocycles. The third kappa shape index (κ3) is 5.64. The number of hydrogen-bond acceptors (Lipinski definition) is 4. The van der Waals surface area contributed by atoms with Gasteiger partial charge in [-0.15, -0.1) is 0 Å². The van der Waals surface area contributed by atoms with E-state index in [1.54, 1.807) is 12.1 Å². The molecule has 172 valence electrons. The van der Waals surface area contributed by atoms with E-state index in [-0.39, 0.29) is 24.9 Å². The Bertz CT molecular complexity index is 1080. The van der Waals surface area contributed by atoms with Crippen LogP contribution in [-0.2, 0) is 4.79 Å². The summed E-state index contributed by atoms with van der Waals surface area (Å²) in [6.07, 6.45) is 4.73. The SMILES string of the molecule is Cc1oc(-c2ccccc2)cc1C(Nc1ccc(C(=O)NCCC(=O)O)cc1)C1CCCC1. The van der Waals surface area contributed by atoms with Crippen molar-refractivity contribution >= 4 is 17.6 Å². The van der Waals surface area contributed by atoms with E-state index in [1.807, 2.05) is 37.3 Å². The number of furan rings is 1. The molecule has 0 radical (unpaired) electrons. The summed E-state index contributed by atoms with van der Waals surface area (Å²) in [6, 6.07) is 19.8. The fourth-order valence-electron chi connectivity index (χ4n) is 4.57. The van der Waals surface area contributed by atoms with Gasteiger partial charge >= 0.3 is 5.97 Å². The lowest BCUT2D eigenvalue weighted by Crippen LogP contribution is -2.26. The summed E-state index contributed by atoms with van der Waals surface area (Å²) >= 11 is 0. The zero-order valence-corrected chi connectivity index (χ0v) is 18.8. The maximum atomic E-state index is 12.2. The number of hydrogen-bond donors (Lipinski definition) is 3. The van der Waals surface area contributed by atoms with Crippen LogP contribution in [0.4, 0.5) is 5.69 Å². The average Bonchev–Trinajstić information content (AvgIpc) is 3.48. The minimum absolute atomic E-state index is 0.0938. The second-order valence-corrected chi connectivity index (χ2v) is 8.63. The fourth-order valence-corrected chi connectivity index (χ4v) is 4.57. The Morgan fingerprint density at radius 3 is 2.42 bits per heavy atom. The second kappa shape index (κ2) is 10.4. The van der Waals surface area contributed by atoms with Gasteiger partial charge in [-0.05, 0) is 56.0 Å². The van der Waals surface area contributed by atoms with Crippen molar-refractivity contribution in [3.05, 3.63) is 77.6 Å². The summed E-state index contributed by atoms with van der Waals surface area (Å²) in [7, 11) is 0. The third-order valence-electron chi connectivity index (χ3n) is 6.31. The van der Waals surface area contributed by atoms with Crippen LogP contribution in [0.2, 0.25) is 0 Å². The normalized spacial score (nSPS) is 14.7. The molecule has 1 fully saturated rings. The molecule has 4 rings (SSSR count). The summed E-state index contributed by atoms with van der Waals surface area (Å²) in [5.74, 6) is 1.11. The van der Waals surface area contributed by atoms with Crippen molar-refractivity contribution in [2.45, 2.75) is 45.1 Å². The number of carbonyl (C=O) groups is 2. The molecule has 1 aliphatic carbocycles. The zero-order chi connectivity index (χ0) is 23.2. The molecule has 1 saturated carbocycles. The van der Waals surface area contributed by atoms with E-state index in [2.05, 4.69) is 28.8 Å². The maximum absolute atomic E-state index is 12.2. The van der Waals surface area contributed by atoms with Crippen LogP contribution in [0.1, 0.15) is 59.8 Å². The third-order valence-corrected chi connectivity index (χ3v) is 6.31. The van der Waals surface area contributed by atoms with E-state index in [9.17, 15) is 9.59 Å². The van der Waals surface area contributed by atoms with Gasteiger partial charge in [-0.1, -0.05) is 43.2 Å². The van der Waals surface area contributed by atoms with Crippen LogP contribution in [-0.4, -0.2) is 23.5 Å². The molecule has 1 heterocycles. The molecule has 3 N–H and O–H groups in total. The molecular formula is C27H30N2O4. The summed E-state index contributed by atoms with van der Waals surface area (Å²) in [5.41, 5.74) is 3.69. The molecule has 1 aliphatic rings. The largest absolute Gasteiger partial charge is 0.481 e. The lowest BCUT2D eigenvalue weighted by Gasteiger charge is -2.26. The van der Waals surface area contributed by atoms with Gasteiger partial charge in [0, 0.05) is 28.9 Å². The van der Waals surface area contributed by atoms with Gasteiger partial charge in [-0.25, -0.2) is 0 Å². The van der Waals surface area contributed by atoms with Crippen LogP contribution in [0.3, 0.4) is 0 Å². The first-order valence-corrected chi connectivity index (χ1v) is 11.5. The maximum Gasteiger partial charge on any atom is 0.305 e. The van der Waals surface area contributed by atoms with Gasteiger partial charge in [-0.2, -0.15) is 0 Å². The van der Waals surface area contributed by atoms with Gasteiger partial charge in [0.1, 0.15) is 11.5 Å². The molecule has 0 saturated heterocycles. The van der Waals surface area contributed by atoms with Crippen LogP contribution in [0.5, 0.6) is 0 Å². The molecule has 1 unspecified atom stereocenters. The van der Waals surface area contributed by atoms with Gasteiger partial charge < -0.3 is 20.2 Å². The first kappa shape index (κ1) is 22.6. The van der Waals surface area contributed by atoms with E-state index in [0.29, 0.717) is 11.5 Å². The smallest absolute Gasteiger partial charge is 0.305 e. The zero-order valence-electron chi connectivity index (χ0n) is 18.8. The Hall–Kier alpha value is -3.54. The van der Waals surface area contributed by atoms with Crippen molar-refractivity contribution < 1.29 is 19.1 Å². The van der Waals surface area contributed by atoms with Crippen LogP contribution in [0.25, 0.3) is 11.3 Å². The van der Waals surface area contributed by atoms with Crippen molar-refractivity contribution in [1.82, 2.24) is 5.32 Å². The second-order valence-electron chi connectivity index (χ2n) is 8.63. The van der Waals surface area contributed by atoms with Crippen LogP contribution >= 0.6 is 0 Å². The highest BCUT2D eigenvalue weighted by Crippen LogP contribution is 2.41. The standard InChI is InChI=1S/C27H30N2O4/c1-18-23(17-24(33-18)19-7-3-2-4-8-19)26(20-9-5-6-10-20)29-22-13-11-21(12-14-22)27(32)28-16-15-25(30)31/h2-4,7-8,11-14,17,20,26,29H,5-6,9-10,15-16H2,1H3,(H,28,32)(H,30,31). The van der Waals surface area contributed by atoms with Gasteiger partial charge in [0.2, 0.25) is 0 Å². The van der Waals surface area contributed by atoms with Gasteiger partial charge in [0.25, 0.3) is 5.91 Å². The van der Waals surface area contributed by atoms with E-state index in [1.165, 1.54) is 31.2 Å². The summed E-state index contributed by atoms with van der Waals surface area (Å²) in [5, 5.41) is 15.1. The van der Waals surface area contributed by atoms with Crippen LogP contribution < -0.4 is 10.6 Å². The predicted octanol–water partition coefficient (Wildman–Crippen LogP) is 5.80. The first-order valence-electron chi connectivity index (χ1n) is 11.5. The number of carbonyl (C=O) groups excluding carboxylic acids is 1. The number of aliphatic carboxylic acids is 1. The Kier molecular flexibility index (Phi) is 7.13.